The molecule has 1 aromatic rings. The van der Waals surface area contributed by atoms with Gasteiger partial charge in [0.2, 0.25) is 0 Å². The number of fused-ring (bicyclic) bond motifs is 1. The quantitative estimate of drug-likeness (QED) is 0.861. The molecule has 2 unspecified atom stereocenters. The van der Waals surface area contributed by atoms with Crippen LogP contribution in [0.25, 0.3) is 0 Å². The van der Waals surface area contributed by atoms with Gasteiger partial charge in [0, 0.05) is 22.5 Å². The standard InChI is InChI=1S/C16H24BrNO/c1-4-11(3)9-16(5-2)10-14(18)13-7-6-12(17)8-15(13)19-16/h6-8,11,14H,4-5,9-10,18H2,1-3H3/t11?,14-,16?/m1/s1. The molecule has 2 N–H and O–H groups in total. The van der Waals surface area contributed by atoms with Gasteiger partial charge in [-0.3, -0.25) is 0 Å². The average Bonchev–Trinajstić information content (AvgIpc) is 2.38. The maximum Gasteiger partial charge on any atom is 0.126 e. The summed E-state index contributed by atoms with van der Waals surface area (Å²) in [4.78, 5) is 0. The van der Waals surface area contributed by atoms with Gasteiger partial charge in [-0.05, 0) is 30.9 Å². The van der Waals surface area contributed by atoms with Crippen molar-refractivity contribution in [3.05, 3.63) is 28.2 Å². The Kier molecular flexibility index (Phi) is 4.57. The Hall–Kier alpha value is -0.540. The van der Waals surface area contributed by atoms with E-state index in [0.29, 0.717) is 5.92 Å². The summed E-state index contributed by atoms with van der Waals surface area (Å²) >= 11 is 3.51. The van der Waals surface area contributed by atoms with Crippen LogP contribution in [-0.4, -0.2) is 5.60 Å². The molecule has 0 aliphatic carbocycles. The van der Waals surface area contributed by atoms with Crippen LogP contribution in [0.15, 0.2) is 22.7 Å². The van der Waals surface area contributed by atoms with E-state index < -0.39 is 0 Å². The fourth-order valence-corrected chi connectivity index (χ4v) is 3.29. The van der Waals surface area contributed by atoms with Crippen LogP contribution >= 0.6 is 15.9 Å². The third-order valence-electron chi connectivity index (χ3n) is 4.36. The summed E-state index contributed by atoms with van der Waals surface area (Å²) < 4.78 is 7.43. The normalized spacial score (nSPS) is 27.5. The van der Waals surface area contributed by atoms with Crippen molar-refractivity contribution in [2.75, 3.05) is 0 Å². The van der Waals surface area contributed by atoms with E-state index in [1.54, 1.807) is 0 Å². The molecule has 0 bridgehead atoms. The van der Waals surface area contributed by atoms with Gasteiger partial charge in [0.25, 0.3) is 0 Å². The summed E-state index contributed by atoms with van der Waals surface area (Å²) in [7, 11) is 0. The number of hydrogen-bond donors (Lipinski definition) is 1. The predicted molar refractivity (Wildman–Crippen MR) is 83.4 cm³/mol. The minimum absolute atomic E-state index is 0.0841. The summed E-state index contributed by atoms with van der Waals surface area (Å²) in [6.45, 7) is 6.74. The molecule has 2 nitrogen and oxygen atoms in total. The molecular formula is C16H24BrNO. The van der Waals surface area contributed by atoms with E-state index in [1.165, 1.54) is 6.42 Å². The van der Waals surface area contributed by atoms with Crippen molar-refractivity contribution in [2.24, 2.45) is 11.7 Å². The summed E-state index contributed by atoms with van der Waals surface area (Å²) in [6, 6.07) is 6.25. The lowest BCUT2D eigenvalue weighted by Gasteiger charge is -2.42. The van der Waals surface area contributed by atoms with Gasteiger partial charge < -0.3 is 10.5 Å². The molecule has 0 amide bonds. The predicted octanol–water partition coefficient (Wildman–Crippen LogP) is 4.82. The van der Waals surface area contributed by atoms with E-state index in [9.17, 15) is 0 Å². The van der Waals surface area contributed by atoms with Crippen LogP contribution in [0.2, 0.25) is 0 Å². The Balaban J connectivity index is 2.30. The molecule has 0 radical (unpaired) electrons. The highest BCUT2D eigenvalue weighted by atomic mass is 79.9. The molecule has 106 valence electrons. The molecule has 1 heterocycles. The van der Waals surface area contributed by atoms with Crippen molar-refractivity contribution >= 4 is 15.9 Å². The molecule has 0 fully saturated rings. The van der Waals surface area contributed by atoms with Crippen LogP contribution in [0.3, 0.4) is 0 Å². The lowest BCUT2D eigenvalue weighted by Crippen LogP contribution is -2.43. The minimum atomic E-state index is -0.0946. The number of nitrogens with two attached hydrogens (primary N) is 1. The Bertz CT molecular complexity index is 448. The van der Waals surface area contributed by atoms with Gasteiger partial charge in [-0.25, -0.2) is 0 Å². The van der Waals surface area contributed by atoms with E-state index in [1.807, 2.05) is 6.07 Å². The second-order valence-electron chi connectivity index (χ2n) is 5.85. The third kappa shape index (κ3) is 3.14. The Morgan fingerprint density at radius 2 is 2.21 bits per heavy atom. The van der Waals surface area contributed by atoms with Gasteiger partial charge in [0.15, 0.2) is 0 Å². The molecule has 3 heteroatoms. The summed E-state index contributed by atoms with van der Waals surface area (Å²) in [6.07, 6.45) is 4.20. The van der Waals surface area contributed by atoms with Gasteiger partial charge in [-0.15, -0.1) is 0 Å². The number of rotatable bonds is 4. The highest BCUT2D eigenvalue weighted by molar-refractivity contribution is 9.10. The zero-order valence-electron chi connectivity index (χ0n) is 12.1. The minimum Gasteiger partial charge on any atom is -0.487 e. The van der Waals surface area contributed by atoms with Crippen molar-refractivity contribution < 1.29 is 4.74 Å². The molecule has 0 spiro atoms. The first kappa shape index (κ1) is 14.9. The molecular weight excluding hydrogens is 302 g/mol. The van der Waals surface area contributed by atoms with E-state index in [-0.39, 0.29) is 11.6 Å². The van der Waals surface area contributed by atoms with Crippen LogP contribution in [-0.2, 0) is 0 Å². The Labute approximate surface area is 124 Å². The lowest BCUT2D eigenvalue weighted by molar-refractivity contribution is 0.0104. The van der Waals surface area contributed by atoms with Crippen molar-refractivity contribution in [2.45, 2.75) is 58.1 Å². The van der Waals surface area contributed by atoms with Crippen LogP contribution in [0, 0.1) is 5.92 Å². The van der Waals surface area contributed by atoms with Crippen molar-refractivity contribution in [3.8, 4) is 5.75 Å². The Morgan fingerprint density at radius 3 is 2.84 bits per heavy atom. The SMILES string of the molecule is CCC(C)CC1(CC)C[C@@H](N)c2ccc(Br)cc2O1. The van der Waals surface area contributed by atoms with Crippen LogP contribution < -0.4 is 10.5 Å². The van der Waals surface area contributed by atoms with Crippen LogP contribution in [0.4, 0.5) is 0 Å². The van der Waals surface area contributed by atoms with E-state index in [0.717, 1.165) is 35.0 Å². The van der Waals surface area contributed by atoms with E-state index in [2.05, 4.69) is 48.8 Å². The van der Waals surface area contributed by atoms with Gasteiger partial charge in [-0.1, -0.05) is 49.2 Å². The van der Waals surface area contributed by atoms with Gasteiger partial charge >= 0.3 is 0 Å². The number of ether oxygens (including phenoxy) is 1. The average molecular weight is 326 g/mol. The molecule has 1 aliphatic rings. The van der Waals surface area contributed by atoms with Gasteiger partial charge in [-0.2, -0.15) is 0 Å². The third-order valence-corrected chi connectivity index (χ3v) is 4.85. The molecule has 0 saturated heterocycles. The monoisotopic (exact) mass is 325 g/mol. The zero-order chi connectivity index (χ0) is 14.0. The zero-order valence-corrected chi connectivity index (χ0v) is 13.7. The summed E-state index contributed by atoms with van der Waals surface area (Å²) in [5, 5.41) is 0. The topological polar surface area (TPSA) is 35.2 Å². The largest absolute Gasteiger partial charge is 0.487 e. The number of hydrogen-bond acceptors (Lipinski definition) is 2. The molecule has 1 aromatic carbocycles. The van der Waals surface area contributed by atoms with Gasteiger partial charge in [0.1, 0.15) is 11.4 Å². The number of halogens is 1. The first-order valence-corrected chi connectivity index (χ1v) is 8.03. The van der Waals surface area contributed by atoms with Gasteiger partial charge in [0.05, 0.1) is 0 Å². The molecule has 19 heavy (non-hydrogen) atoms. The molecule has 1 aliphatic heterocycles. The second-order valence-corrected chi connectivity index (χ2v) is 6.76. The van der Waals surface area contributed by atoms with E-state index >= 15 is 0 Å². The Morgan fingerprint density at radius 1 is 1.47 bits per heavy atom. The molecule has 0 saturated carbocycles. The smallest absolute Gasteiger partial charge is 0.126 e. The lowest BCUT2D eigenvalue weighted by atomic mass is 9.79. The van der Waals surface area contributed by atoms with Crippen LogP contribution in [0.5, 0.6) is 5.75 Å². The highest BCUT2D eigenvalue weighted by Gasteiger charge is 2.39. The summed E-state index contributed by atoms with van der Waals surface area (Å²) in [5.41, 5.74) is 7.41. The maximum absolute atomic E-state index is 6.38. The van der Waals surface area contributed by atoms with Crippen molar-refractivity contribution in [1.82, 2.24) is 0 Å². The van der Waals surface area contributed by atoms with Crippen molar-refractivity contribution in [3.63, 3.8) is 0 Å². The van der Waals surface area contributed by atoms with E-state index in [4.69, 9.17) is 10.5 Å². The first-order chi connectivity index (χ1) is 8.99. The number of benzene rings is 1. The molecule has 0 aromatic heterocycles. The second kappa shape index (κ2) is 5.84. The summed E-state index contributed by atoms with van der Waals surface area (Å²) in [5.74, 6) is 1.62. The maximum atomic E-state index is 6.38. The fraction of sp³-hybridized carbons (Fsp3) is 0.625. The molecule has 2 rings (SSSR count). The van der Waals surface area contributed by atoms with Crippen LogP contribution in [0.1, 0.15) is 58.1 Å². The highest BCUT2D eigenvalue weighted by Crippen LogP contribution is 2.44. The van der Waals surface area contributed by atoms with Crippen molar-refractivity contribution in [1.29, 1.82) is 0 Å². The first-order valence-electron chi connectivity index (χ1n) is 7.23. The fourth-order valence-electron chi connectivity index (χ4n) is 2.95. The molecule has 3 atom stereocenters.